The smallest absolute Gasteiger partial charge is 0.197 e. The van der Waals surface area contributed by atoms with Gasteiger partial charge in [-0.1, -0.05) is 0 Å². The van der Waals surface area contributed by atoms with E-state index in [1.165, 1.54) is 20.3 Å². The number of fused-ring (bicyclic) bond motifs is 1. The number of methoxy groups -OCH3 is 2. The van der Waals surface area contributed by atoms with Crippen LogP contribution in [0.2, 0.25) is 0 Å². The third kappa shape index (κ3) is 2.58. The van der Waals surface area contributed by atoms with Gasteiger partial charge in [0.2, 0.25) is 0 Å². The first-order valence-electron chi connectivity index (χ1n) is 7.45. The molecule has 1 N–H and O–H groups in total. The zero-order valence-corrected chi connectivity index (χ0v) is 14.0. The van der Waals surface area contributed by atoms with Gasteiger partial charge in [0.25, 0.3) is 0 Å². The summed E-state index contributed by atoms with van der Waals surface area (Å²) in [5.41, 5.74) is 2.35. The Morgan fingerprint density at radius 2 is 1.62 bits per heavy atom. The molecule has 0 atom stereocenters. The van der Waals surface area contributed by atoms with Crippen LogP contribution in [0.5, 0.6) is 17.2 Å². The molecule has 124 valence electrons. The molecular formula is C19H18O5. The molecule has 0 aliphatic heterocycles. The van der Waals surface area contributed by atoms with Gasteiger partial charge in [0, 0.05) is 23.8 Å². The van der Waals surface area contributed by atoms with Crippen molar-refractivity contribution in [1.82, 2.24) is 0 Å². The highest BCUT2D eigenvalue weighted by atomic mass is 16.5. The average Bonchev–Trinajstić information content (AvgIpc) is 2.57. The van der Waals surface area contributed by atoms with Gasteiger partial charge in [-0.25, -0.2) is 0 Å². The summed E-state index contributed by atoms with van der Waals surface area (Å²) >= 11 is 0. The third-order valence-corrected chi connectivity index (χ3v) is 4.00. The summed E-state index contributed by atoms with van der Waals surface area (Å²) in [6.45, 7) is 3.61. The van der Waals surface area contributed by atoms with Gasteiger partial charge in [-0.05, 0) is 37.1 Å². The van der Waals surface area contributed by atoms with Gasteiger partial charge in [-0.3, -0.25) is 4.79 Å². The van der Waals surface area contributed by atoms with Gasteiger partial charge in [-0.15, -0.1) is 0 Å². The summed E-state index contributed by atoms with van der Waals surface area (Å²) in [5, 5.41) is 10.3. The standard InChI is InChI=1S/C19H18O5/c1-10-5-12(6-11(2)19(10)21)15-9-14(20)18-16(23-4)7-13(22-3)8-17(18)24-15/h5-9,21H,1-4H3. The summed E-state index contributed by atoms with van der Waals surface area (Å²) in [6, 6.07) is 8.30. The van der Waals surface area contributed by atoms with Crippen molar-refractivity contribution in [1.29, 1.82) is 0 Å². The second-order valence-electron chi connectivity index (χ2n) is 5.64. The molecule has 3 rings (SSSR count). The molecule has 0 aliphatic carbocycles. The van der Waals surface area contributed by atoms with E-state index in [2.05, 4.69) is 0 Å². The Hall–Kier alpha value is -2.95. The average molecular weight is 326 g/mol. The Balaban J connectivity index is 2.30. The highest BCUT2D eigenvalue weighted by Crippen LogP contribution is 2.33. The van der Waals surface area contributed by atoms with Crippen molar-refractivity contribution in [3.63, 3.8) is 0 Å². The molecule has 0 bridgehead atoms. The van der Waals surface area contributed by atoms with Crippen LogP contribution in [0.25, 0.3) is 22.3 Å². The number of rotatable bonds is 3. The molecular weight excluding hydrogens is 308 g/mol. The second kappa shape index (κ2) is 5.92. The van der Waals surface area contributed by atoms with E-state index in [1.807, 2.05) is 0 Å². The molecule has 5 nitrogen and oxygen atoms in total. The molecule has 0 amide bonds. The van der Waals surface area contributed by atoms with Gasteiger partial charge >= 0.3 is 0 Å². The van der Waals surface area contributed by atoms with Crippen LogP contribution in [-0.4, -0.2) is 19.3 Å². The van der Waals surface area contributed by atoms with Crippen LogP contribution in [0.15, 0.2) is 39.5 Å². The molecule has 3 aromatic rings. The first-order chi connectivity index (χ1) is 11.4. The highest BCUT2D eigenvalue weighted by Gasteiger charge is 2.14. The Morgan fingerprint density at radius 3 is 2.21 bits per heavy atom. The molecule has 2 aromatic carbocycles. The van der Waals surface area contributed by atoms with Crippen molar-refractivity contribution in [2.45, 2.75) is 13.8 Å². The highest BCUT2D eigenvalue weighted by molar-refractivity contribution is 5.86. The summed E-state index contributed by atoms with van der Waals surface area (Å²) < 4.78 is 16.4. The number of benzene rings is 2. The lowest BCUT2D eigenvalue weighted by Gasteiger charge is -2.10. The van der Waals surface area contributed by atoms with Crippen molar-refractivity contribution < 1.29 is 19.0 Å². The quantitative estimate of drug-likeness (QED) is 0.793. The van der Waals surface area contributed by atoms with Gasteiger partial charge in [-0.2, -0.15) is 0 Å². The topological polar surface area (TPSA) is 68.9 Å². The van der Waals surface area contributed by atoms with Crippen molar-refractivity contribution in [2.75, 3.05) is 14.2 Å². The second-order valence-corrected chi connectivity index (χ2v) is 5.64. The predicted octanol–water partition coefficient (Wildman–Crippen LogP) is 3.80. The van der Waals surface area contributed by atoms with E-state index in [9.17, 15) is 9.90 Å². The van der Waals surface area contributed by atoms with E-state index in [0.29, 0.717) is 28.2 Å². The van der Waals surface area contributed by atoms with Crippen molar-refractivity contribution in [2.24, 2.45) is 0 Å². The van der Waals surface area contributed by atoms with E-state index >= 15 is 0 Å². The maximum atomic E-state index is 12.6. The molecule has 0 radical (unpaired) electrons. The summed E-state index contributed by atoms with van der Waals surface area (Å²) in [4.78, 5) is 12.6. The maximum Gasteiger partial charge on any atom is 0.197 e. The minimum Gasteiger partial charge on any atom is -0.507 e. The molecule has 5 heteroatoms. The van der Waals surface area contributed by atoms with Crippen LogP contribution in [-0.2, 0) is 0 Å². The van der Waals surface area contributed by atoms with Crippen molar-refractivity contribution in [3.8, 4) is 28.6 Å². The van der Waals surface area contributed by atoms with Crippen molar-refractivity contribution in [3.05, 3.63) is 51.7 Å². The van der Waals surface area contributed by atoms with Crippen LogP contribution in [0.4, 0.5) is 0 Å². The third-order valence-electron chi connectivity index (χ3n) is 4.00. The molecule has 0 saturated heterocycles. The van der Waals surface area contributed by atoms with E-state index in [0.717, 1.165) is 16.7 Å². The van der Waals surface area contributed by atoms with Crippen LogP contribution in [0, 0.1) is 13.8 Å². The fourth-order valence-corrected chi connectivity index (χ4v) is 2.75. The number of phenols is 1. The van der Waals surface area contributed by atoms with Crippen LogP contribution in [0.3, 0.4) is 0 Å². The SMILES string of the molecule is COc1cc(OC)c2c(=O)cc(-c3cc(C)c(O)c(C)c3)oc2c1. The lowest BCUT2D eigenvalue weighted by atomic mass is 10.0. The Kier molecular flexibility index (Phi) is 3.93. The van der Waals surface area contributed by atoms with E-state index < -0.39 is 0 Å². The number of aromatic hydroxyl groups is 1. The van der Waals surface area contributed by atoms with Crippen LogP contribution >= 0.6 is 0 Å². The minimum absolute atomic E-state index is 0.200. The minimum atomic E-state index is -0.200. The summed E-state index contributed by atoms with van der Waals surface area (Å²) in [7, 11) is 3.03. The molecule has 1 aromatic heterocycles. The van der Waals surface area contributed by atoms with Crippen LogP contribution in [0.1, 0.15) is 11.1 Å². The Morgan fingerprint density at radius 1 is 0.958 bits per heavy atom. The normalized spacial score (nSPS) is 10.8. The van der Waals surface area contributed by atoms with E-state index in [-0.39, 0.29) is 11.2 Å². The van der Waals surface area contributed by atoms with E-state index in [4.69, 9.17) is 13.9 Å². The lowest BCUT2D eigenvalue weighted by molar-refractivity contribution is 0.396. The summed E-state index contributed by atoms with van der Waals surface area (Å²) in [6.07, 6.45) is 0. The van der Waals surface area contributed by atoms with E-state index in [1.54, 1.807) is 38.1 Å². The van der Waals surface area contributed by atoms with Gasteiger partial charge in [0.15, 0.2) is 5.43 Å². The zero-order chi connectivity index (χ0) is 17.4. The predicted molar refractivity (Wildman–Crippen MR) is 92.2 cm³/mol. The fraction of sp³-hybridized carbons (Fsp3) is 0.211. The summed E-state index contributed by atoms with van der Waals surface area (Å²) in [5.74, 6) is 1.61. The largest absolute Gasteiger partial charge is 0.507 e. The maximum absolute atomic E-state index is 12.6. The number of hydrogen-bond acceptors (Lipinski definition) is 5. The van der Waals surface area contributed by atoms with Gasteiger partial charge in [0.05, 0.1) is 14.2 Å². The Bertz CT molecular complexity index is 962. The molecule has 0 spiro atoms. The first kappa shape index (κ1) is 15.9. The number of ether oxygens (including phenoxy) is 2. The Labute approximate surface area is 139 Å². The molecule has 0 fully saturated rings. The molecule has 0 unspecified atom stereocenters. The first-order valence-corrected chi connectivity index (χ1v) is 7.45. The molecule has 24 heavy (non-hydrogen) atoms. The molecule has 0 aliphatic rings. The van der Waals surface area contributed by atoms with Crippen LogP contribution < -0.4 is 14.9 Å². The van der Waals surface area contributed by atoms with Gasteiger partial charge in [0.1, 0.15) is 34.0 Å². The molecule has 1 heterocycles. The van der Waals surface area contributed by atoms with Crippen molar-refractivity contribution >= 4 is 11.0 Å². The monoisotopic (exact) mass is 326 g/mol. The fourth-order valence-electron chi connectivity index (χ4n) is 2.75. The number of hydrogen-bond donors (Lipinski definition) is 1. The molecule has 0 saturated carbocycles. The number of aryl methyl sites for hydroxylation is 2. The van der Waals surface area contributed by atoms with Gasteiger partial charge < -0.3 is 19.0 Å². The zero-order valence-electron chi connectivity index (χ0n) is 14.0. The number of phenolic OH excluding ortho intramolecular Hbond substituents is 1. The lowest BCUT2D eigenvalue weighted by Crippen LogP contribution is -2.03.